The first-order valence-corrected chi connectivity index (χ1v) is 7.45. The van der Waals surface area contributed by atoms with Crippen molar-refractivity contribution >= 4 is 11.7 Å². The van der Waals surface area contributed by atoms with Gasteiger partial charge in [0, 0.05) is 38.1 Å². The molecule has 0 spiro atoms. The van der Waals surface area contributed by atoms with Gasteiger partial charge in [0.15, 0.2) is 12.3 Å². The summed E-state index contributed by atoms with van der Waals surface area (Å²) in [6.45, 7) is 2.92. The lowest BCUT2D eigenvalue weighted by Crippen LogP contribution is -2.36. The van der Waals surface area contributed by atoms with Gasteiger partial charge in [0.1, 0.15) is 0 Å². The number of benzene rings is 1. The average Bonchev–Trinajstić information content (AvgIpc) is 2.54. The number of aromatic nitrogens is 1. The number of nitro benzene ring substituents is 1. The van der Waals surface area contributed by atoms with Crippen molar-refractivity contribution in [3.63, 3.8) is 0 Å². The van der Waals surface area contributed by atoms with Crippen LogP contribution in [0.2, 0.25) is 0 Å². The Morgan fingerprint density at radius 2 is 1.79 bits per heavy atom. The van der Waals surface area contributed by atoms with Gasteiger partial charge >= 0.3 is 5.97 Å². The van der Waals surface area contributed by atoms with Crippen LogP contribution in [0, 0.1) is 22.2 Å². The van der Waals surface area contributed by atoms with Crippen molar-refractivity contribution in [1.82, 2.24) is 0 Å². The minimum atomic E-state index is -0.441. The highest BCUT2D eigenvalue weighted by Gasteiger charge is 2.13. The number of hydrogen-bond donors (Lipinski definition) is 0. The number of carbonyl (C=O) groups excluding carboxylic acids is 1. The number of non-ortho nitro benzene ring substituents is 1. The molecule has 0 aliphatic heterocycles. The van der Waals surface area contributed by atoms with Gasteiger partial charge in [-0.3, -0.25) is 14.9 Å². The normalized spacial score (nSPS) is 10.4. The molecular weight excluding hydrogens is 312 g/mol. The molecule has 24 heavy (non-hydrogen) atoms. The van der Waals surface area contributed by atoms with Crippen LogP contribution in [0.5, 0.6) is 0 Å². The summed E-state index contributed by atoms with van der Waals surface area (Å²) in [4.78, 5) is 21.1. The Balaban J connectivity index is 2.08. The van der Waals surface area contributed by atoms with Crippen molar-refractivity contribution in [1.29, 1.82) is 0 Å². The van der Waals surface area contributed by atoms with E-state index in [1.165, 1.54) is 19.1 Å². The van der Waals surface area contributed by atoms with Crippen LogP contribution in [0.1, 0.15) is 29.4 Å². The molecule has 0 saturated carbocycles. The van der Waals surface area contributed by atoms with E-state index < -0.39 is 10.9 Å². The predicted molar refractivity (Wildman–Crippen MR) is 86.1 cm³/mol. The second-order valence-corrected chi connectivity index (χ2v) is 5.49. The third-order valence-electron chi connectivity index (χ3n) is 3.60. The summed E-state index contributed by atoms with van der Waals surface area (Å²) in [5, 5.41) is 22.6. The van der Waals surface area contributed by atoms with Crippen molar-refractivity contribution in [2.75, 3.05) is 0 Å². The Hall–Kier alpha value is -2.96. The molecule has 1 aromatic heterocycles. The lowest BCUT2D eigenvalue weighted by molar-refractivity contribution is -0.623. The predicted octanol–water partition coefficient (Wildman–Crippen LogP) is 2.38. The molecule has 1 aromatic carbocycles. The molecule has 7 heteroatoms. The number of hydrogen-bond acceptors (Lipinski definition) is 5. The Labute approximate surface area is 139 Å². The molecule has 0 saturated heterocycles. The molecule has 0 amide bonds. The molecular formula is C17H18N2O5. The SMILES string of the molecule is CC(=O)OCc1cc(CCc2ccc([N+](=O)[O-])cc2)cc(C)[n+]1[O-]. The van der Waals surface area contributed by atoms with Gasteiger partial charge < -0.3 is 9.94 Å². The number of nitro groups is 1. The Morgan fingerprint density at radius 3 is 2.38 bits per heavy atom. The molecule has 2 rings (SSSR count). The highest BCUT2D eigenvalue weighted by molar-refractivity contribution is 5.65. The number of aryl methyl sites for hydroxylation is 3. The van der Waals surface area contributed by atoms with Crippen LogP contribution in [0.3, 0.4) is 0 Å². The maximum absolute atomic E-state index is 12.0. The molecule has 2 aromatic rings. The number of nitrogens with zero attached hydrogens (tertiary/aromatic N) is 2. The molecule has 0 aliphatic carbocycles. The van der Waals surface area contributed by atoms with Crippen LogP contribution in [0.4, 0.5) is 5.69 Å². The van der Waals surface area contributed by atoms with Gasteiger partial charge in [-0.2, -0.15) is 4.73 Å². The van der Waals surface area contributed by atoms with E-state index in [-0.39, 0.29) is 12.3 Å². The van der Waals surface area contributed by atoms with Gasteiger partial charge in [0.05, 0.1) is 4.92 Å². The maximum Gasteiger partial charge on any atom is 0.303 e. The summed E-state index contributed by atoms with van der Waals surface area (Å²) in [5.41, 5.74) is 2.88. The molecule has 7 nitrogen and oxygen atoms in total. The van der Waals surface area contributed by atoms with E-state index in [1.807, 2.05) is 0 Å². The fourth-order valence-electron chi connectivity index (χ4n) is 2.36. The highest BCUT2D eigenvalue weighted by Crippen LogP contribution is 2.14. The number of esters is 1. The largest absolute Gasteiger partial charge is 0.618 e. The number of carbonyl (C=O) groups is 1. The van der Waals surface area contributed by atoms with E-state index in [2.05, 4.69) is 0 Å². The van der Waals surface area contributed by atoms with E-state index >= 15 is 0 Å². The molecule has 126 valence electrons. The van der Waals surface area contributed by atoms with Gasteiger partial charge in [0.25, 0.3) is 5.69 Å². The fourth-order valence-corrected chi connectivity index (χ4v) is 2.36. The number of ether oxygens (including phenoxy) is 1. The third-order valence-corrected chi connectivity index (χ3v) is 3.60. The minimum absolute atomic E-state index is 0.0605. The van der Waals surface area contributed by atoms with Gasteiger partial charge in [-0.05, 0) is 24.0 Å². The van der Waals surface area contributed by atoms with Crippen molar-refractivity contribution < 1.29 is 19.2 Å². The Bertz CT molecular complexity index is 756. The Kier molecular flexibility index (Phi) is 5.47. The monoisotopic (exact) mass is 330 g/mol. The maximum atomic E-state index is 12.0. The first kappa shape index (κ1) is 17.4. The summed E-state index contributed by atoms with van der Waals surface area (Å²) < 4.78 is 5.64. The first-order valence-electron chi connectivity index (χ1n) is 7.45. The zero-order valence-corrected chi connectivity index (χ0v) is 13.5. The standard InChI is InChI=1S/C17H18N2O5/c1-12-9-15(10-17(18(12)21)11-24-13(2)20)4-3-14-5-7-16(8-6-14)19(22)23/h5-10H,3-4,11H2,1-2H3. The smallest absolute Gasteiger partial charge is 0.303 e. The van der Waals surface area contributed by atoms with Gasteiger partial charge in [-0.25, -0.2) is 0 Å². The third kappa shape index (κ3) is 4.52. The zero-order valence-electron chi connectivity index (χ0n) is 13.5. The average molecular weight is 330 g/mol. The molecule has 0 fully saturated rings. The summed E-state index contributed by atoms with van der Waals surface area (Å²) >= 11 is 0. The number of pyridine rings is 1. The molecule has 0 radical (unpaired) electrons. The van der Waals surface area contributed by atoms with E-state index in [4.69, 9.17) is 4.74 Å². The van der Waals surface area contributed by atoms with Crippen LogP contribution in [-0.2, 0) is 29.0 Å². The van der Waals surface area contributed by atoms with E-state index in [1.54, 1.807) is 31.2 Å². The molecule has 1 heterocycles. The Morgan fingerprint density at radius 1 is 1.17 bits per heavy atom. The van der Waals surface area contributed by atoms with Crippen LogP contribution >= 0.6 is 0 Å². The topological polar surface area (TPSA) is 96.4 Å². The zero-order chi connectivity index (χ0) is 17.7. The summed E-state index contributed by atoms with van der Waals surface area (Å²) in [6, 6.07) is 9.90. The molecule has 0 unspecified atom stereocenters. The van der Waals surface area contributed by atoms with Crippen molar-refractivity contribution in [2.24, 2.45) is 0 Å². The second kappa shape index (κ2) is 7.54. The quantitative estimate of drug-likeness (QED) is 0.266. The second-order valence-electron chi connectivity index (χ2n) is 5.49. The van der Waals surface area contributed by atoms with Gasteiger partial charge in [0.2, 0.25) is 5.69 Å². The van der Waals surface area contributed by atoms with E-state index in [9.17, 15) is 20.1 Å². The van der Waals surface area contributed by atoms with Crippen molar-refractivity contribution in [3.05, 3.63) is 74.2 Å². The summed E-state index contributed by atoms with van der Waals surface area (Å²) in [5.74, 6) is -0.441. The minimum Gasteiger partial charge on any atom is -0.618 e. The van der Waals surface area contributed by atoms with E-state index in [0.717, 1.165) is 15.9 Å². The molecule has 0 N–H and O–H groups in total. The van der Waals surface area contributed by atoms with Crippen LogP contribution in [0.15, 0.2) is 36.4 Å². The van der Waals surface area contributed by atoms with Crippen LogP contribution < -0.4 is 4.73 Å². The van der Waals surface area contributed by atoms with Crippen molar-refractivity contribution in [2.45, 2.75) is 33.3 Å². The molecule has 0 bridgehead atoms. The summed E-state index contributed by atoms with van der Waals surface area (Å²) in [6.07, 6.45) is 1.36. The highest BCUT2D eigenvalue weighted by atomic mass is 16.6. The van der Waals surface area contributed by atoms with E-state index in [0.29, 0.717) is 24.2 Å². The molecule has 0 aliphatic rings. The van der Waals surface area contributed by atoms with Crippen LogP contribution in [0.25, 0.3) is 0 Å². The van der Waals surface area contributed by atoms with Gasteiger partial charge in [-0.1, -0.05) is 12.1 Å². The summed E-state index contributed by atoms with van der Waals surface area (Å²) in [7, 11) is 0. The van der Waals surface area contributed by atoms with Crippen LogP contribution in [-0.4, -0.2) is 10.9 Å². The lowest BCUT2D eigenvalue weighted by atomic mass is 10.0. The first-order chi connectivity index (χ1) is 11.4. The molecule has 0 atom stereocenters. The number of rotatable bonds is 6. The van der Waals surface area contributed by atoms with Gasteiger partial charge in [-0.15, -0.1) is 0 Å². The van der Waals surface area contributed by atoms with Crippen molar-refractivity contribution in [3.8, 4) is 0 Å². The fraction of sp³-hybridized carbons (Fsp3) is 0.294. The lowest BCUT2D eigenvalue weighted by Gasteiger charge is -2.10.